The molecule has 10 heteroatoms. The molecule has 1 N–H and O–H groups in total. The number of fused-ring (bicyclic) bond motifs is 1. The molecular formula is C24H24ClN5O3S. The van der Waals surface area contributed by atoms with Gasteiger partial charge in [-0.1, -0.05) is 52.8 Å². The number of benzene rings is 2. The number of nitrogens with one attached hydrogen (secondary N) is 1. The van der Waals surface area contributed by atoms with E-state index in [4.69, 9.17) is 16.1 Å². The molecule has 2 aromatic heterocycles. The molecule has 0 saturated heterocycles. The fourth-order valence-corrected chi connectivity index (χ4v) is 4.35. The van der Waals surface area contributed by atoms with E-state index >= 15 is 0 Å². The summed E-state index contributed by atoms with van der Waals surface area (Å²) in [6.45, 7) is 1.36. The average molecular weight is 498 g/mol. The third-order valence-electron chi connectivity index (χ3n) is 5.06. The van der Waals surface area contributed by atoms with Gasteiger partial charge in [-0.25, -0.2) is 4.98 Å². The molecular weight excluding hydrogens is 474 g/mol. The lowest BCUT2D eigenvalue weighted by atomic mass is 10.1. The molecule has 0 bridgehead atoms. The SMILES string of the molecule is CN(C)CCCn1c(SCC(=O)Nc2cc(-c3ccc(Cl)cc3)no2)nc2ccccc2c1=O. The smallest absolute Gasteiger partial charge is 0.262 e. The lowest BCUT2D eigenvalue weighted by molar-refractivity contribution is -0.113. The van der Waals surface area contributed by atoms with Crippen LogP contribution in [0, 0.1) is 0 Å². The van der Waals surface area contributed by atoms with Crippen LogP contribution in [0.1, 0.15) is 6.42 Å². The fourth-order valence-electron chi connectivity index (χ4n) is 3.39. The summed E-state index contributed by atoms with van der Waals surface area (Å²) < 4.78 is 6.90. The Bertz CT molecular complexity index is 1350. The number of nitrogens with zero attached hydrogens (tertiary/aromatic N) is 4. The van der Waals surface area contributed by atoms with E-state index in [1.54, 1.807) is 34.9 Å². The van der Waals surface area contributed by atoms with E-state index in [2.05, 4.69) is 20.4 Å². The third-order valence-corrected chi connectivity index (χ3v) is 6.29. The van der Waals surface area contributed by atoms with Gasteiger partial charge in [-0.15, -0.1) is 0 Å². The molecule has 4 aromatic rings. The number of aromatic nitrogens is 3. The summed E-state index contributed by atoms with van der Waals surface area (Å²) in [6.07, 6.45) is 0.790. The maximum Gasteiger partial charge on any atom is 0.262 e. The highest BCUT2D eigenvalue weighted by Crippen LogP contribution is 2.24. The number of amides is 1. The first-order valence-corrected chi connectivity index (χ1v) is 12.1. The minimum absolute atomic E-state index is 0.0649. The molecule has 2 heterocycles. The highest BCUT2D eigenvalue weighted by molar-refractivity contribution is 7.99. The summed E-state index contributed by atoms with van der Waals surface area (Å²) >= 11 is 7.14. The zero-order valence-electron chi connectivity index (χ0n) is 18.8. The minimum Gasteiger partial charge on any atom is -0.338 e. The van der Waals surface area contributed by atoms with E-state index < -0.39 is 0 Å². The van der Waals surface area contributed by atoms with Gasteiger partial charge in [0.1, 0.15) is 5.69 Å². The maximum atomic E-state index is 13.1. The number of hydrogen-bond donors (Lipinski definition) is 1. The predicted molar refractivity (Wildman–Crippen MR) is 135 cm³/mol. The molecule has 176 valence electrons. The van der Waals surface area contributed by atoms with Gasteiger partial charge in [0.2, 0.25) is 11.8 Å². The molecule has 0 aliphatic rings. The fraction of sp³-hybridized carbons (Fsp3) is 0.250. The Morgan fingerprint density at radius 1 is 1.18 bits per heavy atom. The van der Waals surface area contributed by atoms with Gasteiger partial charge in [0, 0.05) is 23.2 Å². The van der Waals surface area contributed by atoms with E-state index in [0.717, 1.165) is 18.5 Å². The van der Waals surface area contributed by atoms with Gasteiger partial charge < -0.3 is 9.42 Å². The number of anilines is 1. The first-order chi connectivity index (χ1) is 16.4. The standard InChI is InChI=1S/C24H24ClN5O3S/c1-29(2)12-5-13-30-23(32)18-6-3-4-7-19(18)26-24(30)34-15-21(31)27-22-14-20(28-33-22)16-8-10-17(25)11-9-16/h3-4,6-11,14H,5,12-13,15H2,1-2H3,(H,27,31). The monoisotopic (exact) mass is 497 g/mol. The number of para-hydroxylation sites is 1. The Hall–Kier alpha value is -3.14. The van der Waals surface area contributed by atoms with Crippen LogP contribution < -0.4 is 10.9 Å². The molecule has 8 nitrogen and oxygen atoms in total. The summed E-state index contributed by atoms with van der Waals surface area (Å²) in [4.78, 5) is 32.4. The van der Waals surface area contributed by atoms with Crippen molar-refractivity contribution >= 4 is 46.1 Å². The van der Waals surface area contributed by atoms with E-state index in [9.17, 15) is 9.59 Å². The zero-order chi connectivity index (χ0) is 24.1. The zero-order valence-corrected chi connectivity index (χ0v) is 20.4. The van der Waals surface area contributed by atoms with E-state index in [-0.39, 0.29) is 23.1 Å². The van der Waals surface area contributed by atoms with Crippen LogP contribution in [0.15, 0.2) is 69.1 Å². The van der Waals surface area contributed by atoms with Crippen LogP contribution in [-0.2, 0) is 11.3 Å². The van der Waals surface area contributed by atoms with E-state index in [0.29, 0.717) is 33.3 Å². The summed E-state index contributed by atoms with van der Waals surface area (Å²) in [6, 6.07) is 16.1. The van der Waals surface area contributed by atoms with Crippen LogP contribution in [0.5, 0.6) is 0 Å². The minimum atomic E-state index is -0.286. The van der Waals surface area contributed by atoms with Gasteiger partial charge >= 0.3 is 0 Å². The van der Waals surface area contributed by atoms with Crippen LogP contribution in [0.2, 0.25) is 5.02 Å². The molecule has 0 fully saturated rings. The number of halogens is 1. The van der Waals surface area contributed by atoms with Gasteiger partial charge in [-0.05, 0) is 51.3 Å². The predicted octanol–water partition coefficient (Wildman–Crippen LogP) is 4.39. The molecule has 2 aromatic carbocycles. The second-order valence-corrected chi connectivity index (χ2v) is 9.32. The van der Waals surface area contributed by atoms with Crippen LogP contribution >= 0.6 is 23.4 Å². The first-order valence-electron chi connectivity index (χ1n) is 10.7. The van der Waals surface area contributed by atoms with Gasteiger partial charge in [-0.2, -0.15) is 0 Å². The van der Waals surface area contributed by atoms with Crippen molar-refractivity contribution in [3.8, 4) is 11.3 Å². The number of carbonyl (C=O) groups is 1. The number of carbonyl (C=O) groups excluding carboxylic acids is 1. The molecule has 0 atom stereocenters. The molecule has 4 rings (SSSR count). The Morgan fingerprint density at radius 3 is 2.71 bits per heavy atom. The number of hydrogen-bond acceptors (Lipinski definition) is 7. The summed E-state index contributed by atoms with van der Waals surface area (Å²) in [5.74, 6) is 0.0200. The average Bonchev–Trinajstić information content (AvgIpc) is 3.28. The van der Waals surface area contributed by atoms with E-state index in [1.165, 1.54) is 11.8 Å². The molecule has 0 radical (unpaired) electrons. The van der Waals surface area contributed by atoms with Crippen molar-refractivity contribution in [2.45, 2.75) is 18.1 Å². The van der Waals surface area contributed by atoms with Crippen LogP contribution in [0.3, 0.4) is 0 Å². The Labute approximate surface area is 205 Å². The Balaban J connectivity index is 1.46. The third kappa shape index (κ3) is 5.85. The second kappa shape index (κ2) is 10.9. The molecule has 0 aliphatic heterocycles. The van der Waals surface area contributed by atoms with Crippen molar-refractivity contribution in [1.29, 1.82) is 0 Å². The first kappa shape index (κ1) is 24.0. The Kier molecular flexibility index (Phi) is 7.66. The van der Waals surface area contributed by atoms with Crippen molar-refractivity contribution in [1.82, 2.24) is 19.6 Å². The molecule has 34 heavy (non-hydrogen) atoms. The normalized spacial score (nSPS) is 11.3. The van der Waals surface area contributed by atoms with Crippen LogP contribution in [-0.4, -0.2) is 51.9 Å². The Morgan fingerprint density at radius 2 is 1.94 bits per heavy atom. The molecule has 0 aliphatic carbocycles. The van der Waals surface area contributed by atoms with Gasteiger partial charge in [0.25, 0.3) is 5.56 Å². The van der Waals surface area contributed by atoms with Crippen molar-refractivity contribution < 1.29 is 9.32 Å². The highest BCUT2D eigenvalue weighted by atomic mass is 35.5. The lowest BCUT2D eigenvalue weighted by Crippen LogP contribution is -2.26. The molecule has 0 unspecified atom stereocenters. The lowest BCUT2D eigenvalue weighted by Gasteiger charge is -2.14. The maximum absolute atomic E-state index is 13.1. The molecule has 0 saturated carbocycles. The second-order valence-electron chi connectivity index (χ2n) is 7.95. The van der Waals surface area contributed by atoms with Crippen molar-refractivity contribution in [2.24, 2.45) is 0 Å². The topological polar surface area (TPSA) is 93.3 Å². The molecule has 1 amide bonds. The van der Waals surface area contributed by atoms with E-state index in [1.807, 2.05) is 38.4 Å². The summed E-state index contributed by atoms with van der Waals surface area (Å²) in [5.41, 5.74) is 1.92. The van der Waals surface area contributed by atoms with Crippen molar-refractivity contribution in [2.75, 3.05) is 31.7 Å². The van der Waals surface area contributed by atoms with Crippen molar-refractivity contribution in [3.63, 3.8) is 0 Å². The highest BCUT2D eigenvalue weighted by Gasteiger charge is 2.15. The molecule has 0 spiro atoms. The quantitative estimate of drug-likeness (QED) is 0.271. The van der Waals surface area contributed by atoms with Crippen molar-refractivity contribution in [3.05, 3.63) is 70.0 Å². The number of thioether (sulfide) groups is 1. The van der Waals surface area contributed by atoms with Crippen LogP contribution in [0.4, 0.5) is 5.88 Å². The largest absolute Gasteiger partial charge is 0.338 e. The van der Waals surface area contributed by atoms with Gasteiger partial charge in [-0.3, -0.25) is 19.5 Å². The van der Waals surface area contributed by atoms with Gasteiger partial charge in [0.05, 0.1) is 16.7 Å². The van der Waals surface area contributed by atoms with Crippen LogP contribution in [0.25, 0.3) is 22.2 Å². The van der Waals surface area contributed by atoms with Gasteiger partial charge in [0.15, 0.2) is 5.16 Å². The summed E-state index contributed by atoms with van der Waals surface area (Å²) in [5, 5.41) is 8.40. The summed E-state index contributed by atoms with van der Waals surface area (Å²) in [7, 11) is 3.98. The number of rotatable bonds is 9.